The molecular weight excluding hydrogens is 260 g/mol. The zero-order chi connectivity index (χ0) is 15.4. The van der Waals surface area contributed by atoms with Crippen LogP contribution in [0.3, 0.4) is 0 Å². The highest BCUT2D eigenvalue weighted by molar-refractivity contribution is 4.61. The first-order chi connectivity index (χ1) is 9.41. The molecule has 0 aromatic heterocycles. The third-order valence-electron chi connectivity index (χ3n) is 2.49. The highest BCUT2D eigenvalue weighted by Gasteiger charge is 2.05. The number of aliphatic hydroxyl groups excluding tert-OH is 1. The van der Waals surface area contributed by atoms with Crippen molar-refractivity contribution in [1.82, 2.24) is 5.32 Å². The maximum atomic E-state index is 9.13. The van der Waals surface area contributed by atoms with Crippen molar-refractivity contribution in [2.45, 2.75) is 52.0 Å². The van der Waals surface area contributed by atoms with Crippen LogP contribution < -0.4 is 11.1 Å². The molecule has 0 aliphatic rings. The molecule has 0 radical (unpaired) electrons. The fourth-order valence-electron chi connectivity index (χ4n) is 1.47. The number of ether oxygens (including phenoxy) is 3. The summed E-state index contributed by atoms with van der Waals surface area (Å²) in [5.74, 6) is 0. The Balaban J connectivity index is 3.34. The Morgan fingerprint density at radius 1 is 1.00 bits per heavy atom. The minimum absolute atomic E-state index is 0.0446. The summed E-state index contributed by atoms with van der Waals surface area (Å²) in [6.07, 6.45) is -0.291. The van der Waals surface area contributed by atoms with E-state index in [1.54, 1.807) is 6.92 Å². The molecule has 122 valence electrons. The molecule has 4 unspecified atom stereocenters. The largest absolute Gasteiger partial charge is 0.392 e. The molecule has 4 atom stereocenters. The second kappa shape index (κ2) is 12.5. The van der Waals surface area contributed by atoms with Gasteiger partial charge in [0, 0.05) is 18.6 Å². The van der Waals surface area contributed by atoms with Crippen LogP contribution >= 0.6 is 0 Å². The average molecular weight is 292 g/mol. The number of aliphatic hydroxyl groups is 1. The normalized spacial score (nSPS) is 17.7. The summed E-state index contributed by atoms with van der Waals surface area (Å²) in [7, 11) is 0. The fourth-order valence-corrected chi connectivity index (χ4v) is 1.47. The number of rotatable bonds is 13. The Hall–Kier alpha value is -0.240. The van der Waals surface area contributed by atoms with Crippen molar-refractivity contribution in [3.05, 3.63) is 0 Å². The quantitative estimate of drug-likeness (QED) is 0.418. The second-order valence-corrected chi connectivity index (χ2v) is 5.43. The summed E-state index contributed by atoms with van der Waals surface area (Å²) in [5.41, 5.74) is 5.58. The topological polar surface area (TPSA) is 86.0 Å². The monoisotopic (exact) mass is 292 g/mol. The van der Waals surface area contributed by atoms with Gasteiger partial charge in [-0.25, -0.2) is 0 Å². The number of hydrogen-bond donors (Lipinski definition) is 3. The molecule has 0 amide bonds. The van der Waals surface area contributed by atoms with Gasteiger partial charge in [0.25, 0.3) is 0 Å². The maximum absolute atomic E-state index is 9.13. The van der Waals surface area contributed by atoms with E-state index in [9.17, 15) is 0 Å². The SMILES string of the molecule is CC(N)COCC(C)OCCOCC(C)NCC(C)O. The van der Waals surface area contributed by atoms with Crippen LogP contribution in [0.1, 0.15) is 27.7 Å². The van der Waals surface area contributed by atoms with Gasteiger partial charge in [0.05, 0.1) is 45.2 Å². The molecular formula is C14H32N2O4. The van der Waals surface area contributed by atoms with Gasteiger partial charge in [0.15, 0.2) is 0 Å². The van der Waals surface area contributed by atoms with Crippen LogP contribution in [0.5, 0.6) is 0 Å². The Morgan fingerprint density at radius 3 is 2.30 bits per heavy atom. The summed E-state index contributed by atoms with van der Waals surface area (Å²) < 4.78 is 16.4. The van der Waals surface area contributed by atoms with E-state index in [1.165, 1.54) is 0 Å². The van der Waals surface area contributed by atoms with Gasteiger partial charge in [0.1, 0.15) is 0 Å². The van der Waals surface area contributed by atoms with Gasteiger partial charge in [-0.05, 0) is 27.7 Å². The van der Waals surface area contributed by atoms with Crippen molar-refractivity contribution in [2.24, 2.45) is 5.73 Å². The molecule has 0 rings (SSSR count). The van der Waals surface area contributed by atoms with Crippen LogP contribution in [0.2, 0.25) is 0 Å². The number of nitrogens with two attached hydrogens (primary N) is 1. The van der Waals surface area contributed by atoms with Gasteiger partial charge >= 0.3 is 0 Å². The van der Waals surface area contributed by atoms with E-state index in [-0.39, 0.29) is 24.3 Å². The molecule has 0 aromatic carbocycles. The van der Waals surface area contributed by atoms with E-state index in [0.29, 0.717) is 39.6 Å². The zero-order valence-corrected chi connectivity index (χ0v) is 13.3. The molecule has 0 spiro atoms. The van der Waals surface area contributed by atoms with Crippen molar-refractivity contribution in [2.75, 3.05) is 39.6 Å². The zero-order valence-electron chi connectivity index (χ0n) is 13.3. The molecule has 0 heterocycles. The van der Waals surface area contributed by atoms with Crippen LogP contribution in [0.4, 0.5) is 0 Å². The Kier molecular flexibility index (Phi) is 12.3. The Bertz CT molecular complexity index is 215. The van der Waals surface area contributed by atoms with Gasteiger partial charge in [-0.15, -0.1) is 0 Å². The van der Waals surface area contributed by atoms with Gasteiger partial charge in [-0.1, -0.05) is 0 Å². The first kappa shape index (κ1) is 19.8. The molecule has 6 heteroatoms. The average Bonchev–Trinajstić information content (AvgIpc) is 2.35. The Labute approximate surface area is 123 Å². The van der Waals surface area contributed by atoms with Crippen molar-refractivity contribution >= 4 is 0 Å². The van der Waals surface area contributed by atoms with Crippen LogP contribution in [-0.2, 0) is 14.2 Å². The van der Waals surface area contributed by atoms with Crippen LogP contribution in [0.15, 0.2) is 0 Å². The van der Waals surface area contributed by atoms with Crippen molar-refractivity contribution in [3.8, 4) is 0 Å². The predicted octanol–water partition coefficient (Wildman–Crippen LogP) is 0.131. The lowest BCUT2D eigenvalue weighted by molar-refractivity contribution is -0.0328. The van der Waals surface area contributed by atoms with Gasteiger partial charge in [-0.3, -0.25) is 0 Å². The van der Waals surface area contributed by atoms with Crippen molar-refractivity contribution in [3.63, 3.8) is 0 Å². The minimum Gasteiger partial charge on any atom is -0.392 e. The first-order valence-corrected chi connectivity index (χ1v) is 7.36. The third-order valence-corrected chi connectivity index (χ3v) is 2.49. The summed E-state index contributed by atoms with van der Waals surface area (Å²) >= 11 is 0. The molecule has 0 saturated heterocycles. The van der Waals surface area contributed by atoms with Gasteiger partial charge in [-0.2, -0.15) is 0 Å². The lowest BCUT2D eigenvalue weighted by Gasteiger charge is -2.17. The van der Waals surface area contributed by atoms with E-state index < -0.39 is 0 Å². The highest BCUT2D eigenvalue weighted by atomic mass is 16.5. The highest BCUT2D eigenvalue weighted by Crippen LogP contribution is 1.94. The van der Waals surface area contributed by atoms with Crippen LogP contribution in [-0.4, -0.2) is 69.0 Å². The molecule has 20 heavy (non-hydrogen) atoms. The van der Waals surface area contributed by atoms with E-state index >= 15 is 0 Å². The fraction of sp³-hybridized carbons (Fsp3) is 1.00. The second-order valence-electron chi connectivity index (χ2n) is 5.43. The molecule has 6 nitrogen and oxygen atoms in total. The van der Waals surface area contributed by atoms with Crippen molar-refractivity contribution < 1.29 is 19.3 Å². The van der Waals surface area contributed by atoms with Gasteiger partial charge < -0.3 is 30.4 Å². The van der Waals surface area contributed by atoms with Crippen LogP contribution in [0, 0.1) is 0 Å². The number of hydrogen-bond acceptors (Lipinski definition) is 6. The summed E-state index contributed by atoms with van der Waals surface area (Å²) in [6, 6.07) is 0.276. The van der Waals surface area contributed by atoms with E-state index in [1.807, 2.05) is 20.8 Å². The van der Waals surface area contributed by atoms with E-state index in [2.05, 4.69) is 5.32 Å². The van der Waals surface area contributed by atoms with E-state index in [0.717, 1.165) is 0 Å². The molecule has 0 aromatic rings. The molecule has 4 N–H and O–H groups in total. The number of nitrogens with one attached hydrogen (secondary N) is 1. The Morgan fingerprint density at radius 2 is 1.70 bits per heavy atom. The molecule has 0 aliphatic heterocycles. The molecule has 0 aliphatic carbocycles. The minimum atomic E-state index is -0.335. The smallest absolute Gasteiger partial charge is 0.0781 e. The maximum Gasteiger partial charge on any atom is 0.0781 e. The third kappa shape index (κ3) is 14.2. The summed E-state index contributed by atoms with van der Waals surface area (Å²) in [6.45, 7) is 11.0. The van der Waals surface area contributed by atoms with Crippen molar-refractivity contribution in [1.29, 1.82) is 0 Å². The summed E-state index contributed by atoms with van der Waals surface area (Å²) in [5, 5.41) is 12.3. The lowest BCUT2D eigenvalue weighted by atomic mass is 10.3. The van der Waals surface area contributed by atoms with Crippen LogP contribution in [0.25, 0.3) is 0 Å². The lowest BCUT2D eigenvalue weighted by Crippen LogP contribution is -2.35. The van der Waals surface area contributed by atoms with Gasteiger partial charge in [0.2, 0.25) is 0 Å². The molecule has 0 fully saturated rings. The first-order valence-electron chi connectivity index (χ1n) is 7.36. The standard InChI is InChI=1S/C14H32N2O4/c1-11(15)8-19-10-14(4)20-6-5-18-9-12(2)16-7-13(3)17/h11-14,16-17H,5-10,15H2,1-4H3. The molecule has 0 bridgehead atoms. The predicted molar refractivity (Wildman–Crippen MR) is 79.8 cm³/mol. The van der Waals surface area contributed by atoms with E-state index in [4.69, 9.17) is 25.1 Å². The molecule has 0 saturated carbocycles. The summed E-state index contributed by atoms with van der Waals surface area (Å²) in [4.78, 5) is 0.